The van der Waals surface area contributed by atoms with Crippen LogP contribution in [0, 0.1) is 0 Å². The molecular formula is C20H20N2O4S. The summed E-state index contributed by atoms with van der Waals surface area (Å²) < 4.78 is 31.3. The zero-order chi connectivity index (χ0) is 19.1. The fraction of sp³-hybridized carbons (Fsp3) is 0.150. The Labute approximate surface area is 158 Å². The Balaban J connectivity index is 1.69. The minimum atomic E-state index is -3.72. The summed E-state index contributed by atoms with van der Waals surface area (Å²) in [6, 6.07) is 20.3. The highest BCUT2D eigenvalue weighted by atomic mass is 32.2. The van der Waals surface area contributed by atoms with Crippen molar-refractivity contribution in [3.63, 3.8) is 0 Å². The summed E-state index contributed by atoms with van der Waals surface area (Å²) in [5.41, 5.74) is 0.951. The fourth-order valence-electron chi connectivity index (χ4n) is 2.64. The molecule has 0 aliphatic rings. The first-order valence-corrected chi connectivity index (χ1v) is 10.00. The summed E-state index contributed by atoms with van der Waals surface area (Å²) in [5.74, 6) is 0.280. The molecule has 2 amide bonds. The van der Waals surface area contributed by atoms with E-state index in [0.717, 1.165) is 5.56 Å². The maximum atomic E-state index is 13.0. The Bertz CT molecular complexity index is 956. The van der Waals surface area contributed by atoms with Crippen LogP contribution < -0.4 is 10.6 Å². The number of urea groups is 1. The van der Waals surface area contributed by atoms with Crippen LogP contribution in [0.4, 0.5) is 4.79 Å². The number of carbonyl (C=O) groups is 1. The second-order valence-corrected chi connectivity index (χ2v) is 8.04. The normalized spacial score (nSPS) is 12.3. The number of rotatable bonds is 7. The Morgan fingerprint density at radius 3 is 2.19 bits per heavy atom. The molecule has 0 saturated carbocycles. The molecule has 0 aliphatic carbocycles. The van der Waals surface area contributed by atoms with E-state index in [1.807, 2.05) is 30.3 Å². The lowest BCUT2D eigenvalue weighted by Gasteiger charge is -2.17. The molecule has 2 aromatic carbocycles. The smallest absolute Gasteiger partial charge is 0.315 e. The third-order valence-electron chi connectivity index (χ3n) is 4.05. The SMILES string of the molecule is O=C(NCc1ccccc1)NCC(c1ccco1)S(=O)(=O)c1ccccc1. The van der Waals surface area contributed by atoms with E-state index in [1.54, 1.807) is 30.3 Å². The minimum Gasteiger partial charge on any atom is -0.468 e. The monoisotopic (exact) mass is 384 g/mol. The average molecular weight is 384 g/mol. The van der Waals surface area contributed by atoms with Crippen molar-refractivity contribution in [2.75, 3.05) is 6.54 Å². The van der Waals surface area contributed by atoms with Gasteiger partial charge in [-0.15, -0.1) is 0 Å². The van der Waals surface area contributed by atoms with Crippen LogP contribution in [0.3, 0.4) is 0 Å². The molecule has 0 radical (unpaired) electrons. The lowest BCUT2D eigenvalue weighted by molar-refractivity contribution is 0.240. The molecule has 2 N–H and O–H groups in total. The van der Waals surface area contributed by atoms with Gasteiger partial charge in [-0.1, -0.05) is 48.5 Å². The number of nitrogens with one attached hydrogen (secondary N) is 2. The summed E-state index contributed by atoms with van der Waals surface area (Å²) in [6.07, 6.45) is 1.42. The van der Waals surface area contributed by atoms with Crippen LogP contribution in [0.5, 0.6) is 0 Å². The van der Waals surface area contributed by atoms with Crippen molar-refractivity contribution in [1.82, 2.24) is 10.6 Å². The second-order valence-electron chi connectivity index (χ2n) is 5.91. The molecule has 3 rings (SSSR count). The highest BCUT2D eigenvalue weighted by molar-refractivity contribution is 7.91. The van der Waals surface area contributed by atoms with Gasteiger partial charge < -0.3 is 15.1 Å². The molecule has 0 fully saturated rings. The van der Waals surface area contributed by atoms with Crippen molar-refractivity contribution in [2.45, 2.75) is 16.7 Å². The maximum Gasteiger partial charge on any atom is 0.315 e. The van der Waals surface area contributed by atoms with Crippen LogP contribution in [-0.4, -0.2) is 21.0 Å². The number of carbonyl (C=O) groups excluding carboxylic acids is 1. The summed E-state index contributed by atoms with van der Waals surface area (Å²) in [4.78, 5) is 12.3. The average Bonchev–Trinajstić information content (AvgIpc) is 3.22. The zero-order valence-electron chi connectivity index (χ0n) is 14.5. The molecule has 27 heavy (non-hydrogen) atoms. The van der Waals surface area contributed by atoms with E-state index in [9.17, 15) is 13.2 Å². The lowest BCUT2D eigenvalue weighted by Crippen LogP contribution is -2.38. The topological polar surface area (TPSA) is 88.4 Å². The van der Waals surface area contributed by atoms with Crippen molar-refractivity contribution in [3.05, 3.63) is 90.4 Å². The van der Waals surface area contributed by atoms with Gasteiger partial charge in [-0.3, -0.25) is 0 Å². The van der Waals surface area contributed by atoms with E-state index in [1.165, 1.54) is 18.4 Å². The maximum absolute atomic E-state index is 13.0. The van der Waals surface area contributed by atoms with Gasteiger partial charge >= 0.3 is 6.03 Å². The van der Waals surface area contributed by atoms with E-state index in [-0.39, 0.29) is 17.2 Å². The molecule has 7 heteroatoms. The van der Waals surface area contributed by atoms with Crippen molar-refractivity contribution in [3.8, 4) is 0 Å². The molecule has 6 nitrogen and oxygen atoms in total. The van der Waals surface area contributed by atoms with Gasteiger partial charge in [0, 0.05) is 13.1 Å². The third-order valence-corrected chi connectivity index (χ3v) is 6.13. The van der Waals surface area contributed by atoms with E-state index in [0.29, 0.717) is 6.54 Å². The van der Waals surface area contributed by atoms with E-state index < -0.39 is 21.1 Å². The van der Waals surface area contributed by atoms with Crippen molar-refractivity contribution in [1.29, 1.82) is 0 Å². The first kappa shape index (κ1) is 18.7. The van der Waals surface area contributed by atoms with Gasteiger partial charge in [-0.25, -0.2) is 13.2 Å². The number of benzene rings is 2. The summed E-state index contributed by atoms with van der Waals surface area (Å²) >= 11 is 0. The summed E-state index contributed by atoms with van der Waals surface area (Å²) in [7, 11) is -3.72. The van der Waals surface area contributed by atoms with Crippen LogP contribution in [0.2, 0.25) is 0 Å². The Morgan fingerprint density at radius 2 is 1.56 bits per heavy atom. The molecule has 0 saturated heterocycles. The molecule has 1 atom stereocenters. The van der Waals surface area contributed by atoms with Crippen molar-refractivity contribution >= 4 is 15.9 Å². The van der Waals surface area contributed by atoms with Crippen LogP contribution in [-0.2, 0) is 16.4 Å². The Morgan fingerprint density at radius 1 is 0.889 bits per heavy atom. The van der Waals surface area contributed by atoms with Gasteiger partial charge in [0.2, 0.25) is 0 Å². The number of amides is 2. The molecule has 0 spiro atoms. The standard InChI is InChI=1S/C20H20N2O4S/c23-20(21-14-16-8-3-1-4-9-16)22-15-19(18-12-7-13-26-18)27(24,25)17-10-5-2-6-11-17/h1-13,19H,14-15H2,(H2,21,22,23). The number of sulfone groups is 1. The van der Waals surface area contributed by atoms with Gasteiger partial charge in [0.25, 0.3) is 0 Å². The molecule has 3 aromatic rings. The van der Waals surface area contributed by atoms with Gasteiger partial charge in [-0.05, 0) is 29.8 Å². The van der Waals surface area contributed by atoms with Crippen LogP contribution in [0.1, 0.15) is 16.6 Å². The van der Waals surface area contributed by atoms with Gasteiger partial charge in [0.15, 0.2) is 9.84 Å². The Hall–Kier alpha value is -3.06. The molecule has 0 aliphatic heterocycles. The highest BCUT2D eigenvalue weighted by Crippen LogP contribution is 2.28. The molecule has 1 unspecified atom stereocenters. The van der Waals surface area contributed by atoms with E-state index in [4.69, 9.17) is 4.42 Å². The number of furan rings is 1. The van der Waals surface area contributed by atoms with Crippen LogP contribution in [0.25, 0.3) is 0 Å². The first-order chi connectivity index (χ1) is 13.1. The third kappa shape index (κ3) is 4.77. The zero-order valence-corrected chi connectivity index (χ0v) is 15.4. The molecule has 1 heterocycles. The van der Waals surface area contributed by atoms with E-state index in [2.05, 4.69) is 10.6 Å². The van der Waals surface area contributed by atoms with Gasteiger partial charge in [-0.2, -0.15) is 0 Å². The highest BCUT2D eigenvalue weighted by Gasteiger charge is 2.31. The molecule has 0 bridgehead atoms. The van der Waals surface area contributed by atoms with Crippen LogP contribution in [0.15, 0.2) is 88.4 Å². The molecule has 1 aromatic heterocycles. The minimum absolute atomic E-state index is 0.106. The summed E-state index contributed by atoms with van der Waals surface area (Å²) in [5, 5.41) is 4.33. The van der Waals surface area contributed by atoms with E-state index >= 15 is 0 Å². The van der Waals surface area contributed by atoms with Gasteiger partial charge in [0.1, 0.15) is 11.0 Å². The van der Waals surface area contributed by atoms with Crippen molar-refractivity contribution < 1.29 is 17.6 Å². The largest absolute Gasteiger partial charge is 0.468 e. The van der Waals surface area contributed by atoms with Crippen molar-refractivity contribution in [2.24, 2.45) is 0 Å². The quantitative estimate of drug-likeness (QED) is 0.654. The molecule has 140 valence electrons. The number of hydrogen-bond acceptors (Lipinski definition) is 4. The first-order valence-electron chi connectivity index (χ1n) is 8.45. The number of hydrogen-bond donors (Lipinski definition) is 2. The van der Waals surface area contributed by atoms with Crippen LogP contribution >= 0.6 is 0 Å². The predicted octanol–water partition coefficient (Wildman–Crippen LogP) is 3.29. The van der Waals surface area contributed by atoms with Gasteiger partial charge in [0.05, 0.1) is 11.2 Å². The fourth-order valence-corrected chi connectivity index (χ4v) is 4.25. The second kappa shape index (κ2) is 8.55. The summed E-state index contributed by atoms with van der Waals surface area (Å²) in [6.45, 7) is 0.245. The predicted molar refractivity (Wildman–Crippen MR) is 102 cm³/mol. The molecular weight excluding hydrogens is 364 g/mol. The lowest BCUT2D eigenvalue weighted by atomic mass is 10.2. The Kier molecular flexibility index (Phi) is 5.93.